The van der Waals surface area contributed by atoms with Crippen LogP contribution in [0.5, 0.6) is 0 Å². The van der Waals surface area contributed by atoms with E-state index in [1.807, 2.05) is 84.9 Å². The van der Waals surface area contributed by atoms with Gasteiger partial charge in [0.15, 0.2) is 10.9 Å². The molecule has 0 aliphatic rings. The van der Waals surface area contributed by atoms with Crippen molar-refractivity contribution in [1.82, 2.24) is 0 Å². The van der Waals surface area contributed by atoms with E-state index < -0.39 is 0 Å². The van der Waals surface area contributed by atoms with Gasteiger partial charge in [-0.15, -0.1) is 0 Å². The van der Waals surface area contributed by atoms with Crippen molar-refractivity contribution in [2.45, 2.75) is 0 Å². The van der Waals surface area contributed by atoms with Gasteiger partial charge in [0.2, 0.25) is 0 Å². The molecule has 7 aromatic carbocycles. The Balaban J connectivity index is 1.97. The molecule has 0 atom stereocenters. The van der Waals surface area contributed by atoms with Gasteiger partial charge in [-0.05, 0) is 27.1 Å². The molecule has 0 fully saturated rings. The maximum absolute atomic E-state index is 13.9. The Bertz CT molecular complexity index is 1830. The number of hydrogen-bond donors (Lipinski definition) is 0. The van der Waals surface area contributed by atoms with Gasteiger partial charge in [0, 0.05) is 37.9 Å². The fraction of sp³-hybridized carbons (Fsp3) is 0. The highest BCUT2D eigenvalue weighted by atomic mass is 16.1. The van der Waals surface area contributed by atoms with Crippen molar-refractivity contribution in [1.29, 1.82) is 0 Å². The summed E-state index contributed by atoms with van der Waals surface area (Å²) in [5.41, 5.74) is 1.63. The van der Waals surface area contributed by atoms with Gasteiger partial charge < -0.3 is 0 Å². The monoisotopic (exact) mass is 408 g/mol. The van der Waals surface area contributed by atoms with Crippen molar-refractivity contribution in [2.75, 3.05) is 0 Å². The second-order valence-electron chi connectivity index (χ2n) is 8.34. The molecule has 7 aromatic rings. The predicted octanol–water partition coefficient (Wildman–Crippen LogP) is 6.72. The summed E-state index contributed by atoms with van der Waals surface area (Å²) in [6.45, 7) is 0. The summed E-state index contributed by atoms with van der Waals surface area (Å²) in [4.78, 5) is 27.8. The second kappa shape index (κ2) is 6.12. The first-order valence-corrected chi connectivity index (χ1v) is 10.7. The van der Waals surface area contributed by atoms with Gasteiger partial charge in [0.05, 0.1) is 0 Å². The maximum Gasteiger partial charge on any atom is 0.194 e. The molecule has 0 saturated heterocycles. The molecule has 0 bridgehead atoms. The normalized spacial score (nSPS) is 12.0. The molecule has 2 nitrogen and oxygen atoms in total. The van der Waals surface area contributed by atoms with Gasteiger partial charge >= 0.3 is 0 Å². The lowest BCUT2D eigenvalue weighted by atomic mass is 9.97. The SMILES string of the molecule is O=c1c2ccccc2c2cccc3c4ccccc4c(=O)c4c(-c5ccccc5)c1c2c43. The summed E-state index contributed by atoms with van der Waals surface area (Å²) in [5, 5.41) is 8.32. The van der Waals surface area contributed by atoms with Crippen LogP contribution in [0.15, 0.2) is 107 Å². The quantitative estimate of drug-likeness (QED) is 0.302. The second-order valence-corrected chi connectivity index (χ2v) is 8.34. The van der Waals surface area contributed by atoms with Crippen LogP contribution in [-0.2, 0) is 0 Å². The minimum atomic E-state index is -0.0147. The minimum absolute atomic E-state index is 0.0147. The van der Waals surface area contributed by atoms with E-state index in [1.165, 1.54) is 0 Å². The molecule has 7 rings (SSSR count). The number of hydrogen-bond acceptors (Lipinski definition) is 2. The molecule has 0 aliphatic heterocycles. The number of fused-ring (bicyclic) bond motifs is 4. The molecule has 0 saturated carbocycles. The zero-order valence-electron chi connectivity index (χ0n) is 17.1. The van der Waals surface area contributed by atoms with E-state index in [1.54, 1.807) is 0 Å². The predicted molar refractivity (Wildman–Crippen MR) is 134 cm³/mol. The zero-order chi connectivity index (χ0) is 21.4. The smallest absolute Gasteiger partial charge is 0.194 e. The van der Waals surface area contributed by atoms with Crippen LogP contribution in [0.1, 0.15) is 0 Å². The largest absolute Gasteiger partial charge is 0.289 e. The topological polar surface area (TPSA) is 34.1 Å². The van der Waals surface area contributed by atoms with E-state index in [9.17, 15) is 9.59 Å². The van der Waals surface area contributed by atoms with Crippen molar-refractivity contribution >= 4 is 53.9 Å². The Morgan fingerprint density at radius 3 is 1.25 bits per heavy atom. The van der Waals surface area contributed by atoms with Crippen LogP contribution in [0, 0.1) is 0 Å². The van der Waals surface area contributed by atoms with Crippen LogP contribution in [0.3, 0.4) is 0 Å². The first kappa shape index (κ1) is 17.4. The molecule has 148 valence electrons. The fourth-order valence-corrected chi connectivity index (χ4v) is 5.47. The van der Waals surface area contributed by atoms with Crippen LogP contribution in [0.25, 0.3) is 65.0 Å². The van der Waals surface area contributed by atoms with Crippen LogP contribution < -0.4 is 10.9 Å². The van der Waals surface area contributed by atoms with Gasteiger partial charge in [-0.1, -0.05) is 97.1 Å². The molecule has 0 spiro atoms. The molecule has 0 unspecified atom stereocenters. The van der Waals surface area contributed by atoms with Crippen molar-refractivity contribution < 1.29 is 0 Å². The summed E-state index contributed by atoms with van der Waals surface area (Å²) in [6.07, 6.45) is 0. The van der Waals surface area contributed by atoms with Crippen molar-refractivity contribution in [3.05, 3.63) is 118 Å². The molecule has 2 heteroatoms. The number of benzene rings is 5. The van der Waals surface area contributed by atoms with Gasteiger partial charge in [-0.25, -0.2) is 0 Å². The summed E-state index contributed by atoms with van der Waals surface area (Å²) in [5.74, 6) is 0. The van der Waals surface area contributed by atoms with E-state index in [0.717, 1.165) is 43.4 Å². The zero-order valence-corrected chi connectivity index (χ0v) is 17.1. The maximum atomic E-state index is 13.9. The van der Waals surface area contributed by atoms with Crippen LogP contribution in [0.4, 0.5) is 0 Å². The Labute approximate surface area is 182 Å². The van der Waals surface area contributed by atoms with Crippen molar-refractivity contribution in [2.24, 2.45) is 0 Å². The summed E-state index contributed by atoms with van der Waals surface area (Å²) >= 11 is 0. The minimum Gasteiger partial charge on any atom is -0.289 e. The van der Waals surface area contributed by atoms with Gasteiger partial charge in [-0.2, -0.15) is 0 Å². The number of rotatable bonds is 1. The Morgan fingerprint density at radius 1 is 0.344 bits per heavy atom. The molecule has 32 heavy (non-hydrogen) atoms. The van der Waals surface area contributed by atoms with Crippen LogP contribution in [0.2, 0.25) is 0 Å². The van der Waals surface area contributed by atoms with E-state index in [2.05, 4.69) is 12.1 Å². The van der Waals surface area contributed by atoms with Gasteiger partial charge in [-0.3, -0.25) is 9.59 Å². The highest BCUT2D eigenvalue weighted by molar-refractivity contribution is 6.38. The van der Waals surface area contributed by atoms with E-state index in [4.69, 9.17) is 0 Å². The van der Waals surface area contributed by atoms with E-state index >= 15 is 0 Å². The summed E-state index contributed by atoms with van der Waals surface area (Å²) < 4.78 is 0. The van der Waals surface area contributed by atoms with E-state index in [0.29, 0.717) is 21.5 Å². The van der Waals surface area contributed by atoms with E-state index in [-0.39, 0.29) is 10.9 Å². The summed E-state index contributed by atoms with van der Waals surface area (Å²) in [7, 11) is 0. The first-order chi connectivity index (χ1) is 15.8. The highest BCUT2D eigenvalue weighted by Gasteiger charge is 2.25. The van der Waals surface area contributed by atoms with Crippen LogP contribution >= 0.6 is 0 Å². The van der Waals surface area contributed by atoms with Gasteiger partial charge in [0.25, 0.3) is 0 Å². The first-order valence-electron chi connectivity index (χ1n) is 10.7. The third-order valence-corrected chi connectivity index (χ3v) is 6.75. The Hall–Kier alpha value is -4.30. The third-order valence-electron chi connectivity index (χ3n) is 6.75. The lowest BCUT2D eigenvalue weighted by Crippen LogP contribution is -2.04. The molecule has 0 aliphatic carbocycles. The molecular weight excluding hydrogens is 392 g/mol. The lowest BCUT2D eigenvalue weighted by molar-refractivity contribution is 1.68. The third kappa shape index (κ3) is 2.04. The average Bonchev–Trinajstić information content (AvgIpc) is 3.08. The van der Waals surface area contributed by atoms with Gasteiger partial charge in [0.1, 0.15) is 0 Å². The van der Waals surface area contributed by atoms with Crippen molar-refractivity contribution in [3.63, 3.8) is 0 Å². The molecule has 0 aromatic heterocycles. The average molecular weight is 408 g/mol. The fourth-order valence-electron chi connectivity index (χ4n) is 5.47. The molecular formula is C30H16O2. The molecule has 0 amide bonds. The molecule has 0 N–H and O–H groups in total. The summed E-state index contributed by atoms with van der Waals surface area (Å²) in [6, 6.07) is 31.5. The lowest BCUT2D eigenvalue weighted by Gasteiger charge is -2.05. The Kier molecular flexibility index (Phi) is 3.32. The standard InChI is InChI=1S/C30H16O2/c31-29-22-13-6-4-11-18(22)20-15-8-16-21-19-12-5-7-14-23(19)30(32)28-24(17-9-2-1-3-10-17)27(29)25(20)26(21)28/h1-16H. The Morgan fingerprint density at radius 2 is 0.750 bits per heavy atom. The van der Waals surface area contributed by atoms with Crippen LogP contribution in [-0.4, -0.2) is 0 Å². The molecule has 0 heterocycles. The van der Waals surface area contributed by atoms with Crippen molar-refractivity contribution in [3.8, 4) is 11.1 Å². The highest BCUT2D eigenvalue weighted by Crippen LogP contribution is 2.45. The molecule has 0 radical (unpaired) electrons.